The van der Waals surface area contributed by atoms with Crippen LogP contribution in [0.1, 0.15) is 17.9 Å². The molecule has 1 amide bonds. The van der Waals surface area contributed by atoms with Gasteiger partial charge in [0, 0.05) is 43.6 Å². The second-order valence-electron chi connectivity index (χ2n) is 6.82. The van der Waals surface area contributed by atoms with E-state index in [0.29, 0.717) is 42.9 Å². The van der Waals surface area contributed by atoms with Crippen LogP contribution in [0.5, 0.6) is 0 Å². The normalized spacial score (nSPS) is 16.1. The largest absolute Gasteiger partial charge is 0.360 e. The molecular formula is C18H22BrFN4O4S. The van der Waals surface area contributed by atoms with Gasteiger partial charge >= 0.3 is 0 Å². The molecule has 0 bridgehead atoms. The smallest absolute Gasteiger partial charge is 0.248 e. The van der Waals surface area contributed by atoms with Crippen LogP contribution in [0.4, 0.5) is 10.1 Å². The Kier molecular flexibility index (Phi) is 6.72. The van der Waals surface area contributed by atoms with E-state index < -0.39 is 15.8 Å². The fraction of sp³-hybridized carbons (Fsp3) is 0.444. The molecule has 8 nitrogen and oxygen atoms in total. The fourth-order valence-corrected chi connectivity index (χ4v) is 5.28. The second-order valence-corrected chi connectivity index (χ2v) is 9.61. The number of nitrogens with one attached hydrogen (secondary N) is 1. The van der Waals surface area contributed by atoms with Crippen molar-refractivity contribution in [1.82, 2.24) is 14.4 Å². The first kappa shape index (κ1) is 21.9. The van der Waals surface area contributed by atoms with E-state index >= 15 is 0 Å². The number of anilines is 1. The van der Waals surface area contributed by atoms with Crippen LogP contribution in [0.25, 0.3) is 0 Å². The Morgan fingerprint density at radius 1 is 1.28 bits per heavy atom. The van der Waals surface area contributed by atoms with Crippen LogP contribution in [0.15, 0.2) is 32.1 Å². The Labute approximate surface area is 177 Å². The van der Waals surface area contributed by atoms with Crippen LogP contribution in [0.3, 0.4) is 0 Å². The number of aromatic nitrogens is 1. The van der Waals surface area contributed by atoms with Crippen molar-refractivity contribution in [3.05, 3.63) is 39.9 Å². The number of halogens is 2. The lowest BCUT2D eigenvalue weighted by Gasteiger charge is -2.33. The Balaban J connectivity index is 1.50. The highest BCUT2D eigenvalue weighted by Crippen LogP contribution is 2.24. The second kappa shape index (κ2) is 8.90. The Hall–Kier alpha value is -1.82. The number of benzene rings is 1. The van der Waals surface area contributed by atoms with Crippen molar-refractivity contribution in [2.24, 2.45) is 0 Å². The van der Waals surface area contributed by atoms with Gasteiger partial charge in [-0.05, 0) is 32.0 Å². The minimum Gasteiger partial charge on any atom is -0.360 e. The first-order valence-corrected chi connectivity index (χ1v) is 11.3. The first-order chi connectivity index (χ1) is 13.7. The van der Waals surface area contributed by atoms with Gasteiger partial charge in [0.05, 0.1) is 5.69 Å². The van der Waals surface area contributed by atoms with Gasteiger partial charge in [0.1, 0.15) is 16.4 Å². The summed E-state index contributed by atoms with van der Waals surface area (Å²) in [5.41, 5.74) is 0.482. The molecule has 0 saturated carbocycles. The number of hydrogen-bond acceptors (Lipinski definition) is 6. The summed E-state index contributed by atoms with van der Waals surface area (Å²) in [4.78, 5) is 14.2. The average Bonchev–Trinajstić information content (AvgIpc) is 3.01. The van der Waals surface area contributed by atoms with Crippen LogP contribution in [0, 0.1) is 19.7 Å². The molecule has 3 rings (SSSR count). The summed E-state index contributed by atoms with van der Waals surface area (Å²) < 4.78 is 46.4. The van der Waals surface area contributed by atoms with E-state index in [1.54, 1.807) is 19.9 Å². The third kappa shape index (κ3) is 5.03. The number of sulfonamides is 1. The summed E-state index contributed by atoms with van der Waals surface area (Å²) in [5, 5.41) is 6.28. The van der Waals surface area contributed by atoms with Crippen LogP contribution in [-0.4, -0.2) is 61.4 Å². The zero-order chi connectivity index (χ0) is 21.2. The van der Waals surface area contributed by atoms with Crippen molar-refractivity contribution in [3.63, 3.8) is 0 Å². The van der Waals surface area contributed by atoms with Gasteiger partial charge in [-0.2, -0.15) is 4.31 Å². The van der Waals surface area contributed by atoms with Gasteiger partial charge in [-0.15, -0.1) is 0 Å². The minimum absolute atomic E-state index is 0.127. The zero-order valence-electron chi connectivity index (χ0n) is 16.1. The third-order valence-corrected chi connectivity index (χ3v) is 7.39. The maximum Gasteiger partial charge on any atom is 0.248 e. The summed E-state index contributed by atoms with van der Waals surface area (Å²) in [5.74, 6) is -0.523. The molecule has 1 fully saturated rings. The van der Waals surface area contributed by atoms with Gasteiger partial charge in [-0.25, -0.2) is 12.8 Å². The van der Waals surface area contributed by atoms with Crippen molar-refractivity contribution in [2.75, 3.05) is 38.0 Å². The number of rotatable bonds is 6. The highest BCUT2D eigenvalue weighted by molar-refractivity contribution is 9.10. The van der Waals surface area contributed by atoms with E-state index in [1.165, 1.54) is 16.4 Å². The average molecular weight is 489 g/mol. The van der Waals surface area contributed by atoms with Crippen LogP contribution < -0.4 is 5.32 Å². The molecule has 2 heterocycles. The molecule has 0 unspecified atom stereocenters. The molecule has 29 heavy (non-hydrogen) atoms. The number of nitrogens with zero attached hydrogens (tertiary/aromatic N) is 3. The molecule has 1 aliphatic rings. The molecule has 1 aliphatic heterocycles. The first-order valence-electron chi connectivity index (χ1n) is 9.09. The summed E-state index contributed by atoms with van der Waals surface area (Å²) >= 11 is 3.17. The zero-order valence-corrected chi connectivity index (χ0v) is 18.5. The SMILES string of the molecule is Cc1noc(C)c1S(=O)(=O)N1CCN(CCC(=O)Nc2ccc(Br)cc2F)CC1. The molecule has 0 spiro atoms. The van der Waals surface area contributed by atoms with Crippen molar-refractivity contribution in [3.8, 4) is 0 Å². The van der Waals surface area contributed by atoms with E-state index in [1.807, 2.05) is 4.90 Å². The van der Waals surface area contributed by atoms with Crippen molar-refractivity contribution < 1.29 is 22.1 Å². The predicted molar refractivity (Wildman–Crippen MR) is 109 cm³/mol. The van der Waals surface area contributed by atoms with Crippen LogP contribution in [0.2, 0.25) is 0 Å². The van der Waals surface area contributed by atoms with Crippen LogP contribution >= 0.6 is 15.9 Å². The lowest BCUT2D eigenvalue weighted by atomic mass is 10.2. The predicted octanol–water partition coefficient (Wildman–Crippen LogP) is 2.53. The van der Waals surface area contributed by atoms with Gasteiger partial charge < -0.3 is 14.7 Å². The maximum atomic E-state index is 13.8. The summed E-state index contributed by atoms with van der Waals surface area (Å²) in [6.45, 7) is 5.28. The molecule has 0 atom stereocenters. The molecule has 2 aromatic rings. The van der Waals surface area contributed by atoms with Crippen molar-refractivity contribution in [2.45, 2.75) is 25.2 Å². The molecule has 0 aliphatic carbocycles. The number of hydrogen-bond donors (Lipinski definition) is 1. The monoisotopic (exact) mass is 488 g/mol. The number of carbonyl (C=O) groups is 1. The quantitative estimate of drug-likeness (QED) is 0.670. The van der Waals surface area contributed by atoms with Gasteiger partial charge in [-0.1, -0.05) is 21.1 Å². The Bertz CT molecular complexity index is 984. The maximum absolute atomic E-state index is 13.8. The van der Waals surface area contributed by atoms with E-state index in [2.05, 4.69) is 26.4 Å². The van der Waals surface area contributed by atoms with E-state index in [4.69, 9.17) is 4.52 Å². The fourth-order valence-electron chi connectivity index (χ4n) is 3.23. The highest BCUT2D eigenvalue weighted by Gasteiger charge is 2.33. The Morgan fingerprint density at radius 2 is 1.97 bits per heavy atom. The van der Waals surface area contributed by atoms with Gasteiger partial charge in [-0.3, -0.25) is 4.79 Å². The molecular weight excluding hydrogens is 467 g/mol. The molecule has 11 heteroatoms. The van der Waals surface area contributed by atoms with Gasteiger partial charge in [0.25, 0.3) is 0 Å². The van der Waals surface area contributed by atoms with Crippen molar-refractivity contribution >= 4 is 37.5 Å². The topological polar surface area (TPSA) is 95.8 Å². The number of aryl methyl sites for hydroxylation is 2. The summed E-state index contributed by atoms with van der Waals surface area (Å²) in [7, 11) is -3.66. The summed E-state index contributed by atoms with van der Waals surface area (Å²) in [6, 6.07) is 4.43. The Morgan fingerprint density at radius 3 is 2.55 bits per heavy atom. The summed E-state index contributed by atoms with van der Waals surface area (Å²) in [6.07, 6.45) is 0.187. The third-order valence-electron chi connectivity index (χ3n) is 4.76. The molecule has 1 aromatic carbocycles. The lowest BCUT2D eigenvalue weighted by molar-refractivity contribution is -0.116. The molecule has 0 radical (unpaired) electrons. The molecule has 1 N–H and O–H groups in total. The van der Waals surface area contributed by atoms with Crippen LogP contribution in [-0.2, 0) is 14.8 Å². The standard InChI is InChI=1S/C18H22BrFN4O4S/c1-12-18(13(2)28-22-12)29(26,27)24-9-7-23(8-10-24)6-5-17(25)21-16-4-3-14(19)11-15(16)20/h3-4,11H,5-10H2,1-2H3,(H,21,25). The number of piperazine rings is 1. The van der Waals surface area contributed by atoms with E-state index in [-0.39, 0.29) is 28.7 Å². The lowest BCUT2D eigenvalue weighted by Crippen LogP contribution is -2.49. The van der Waals surface area contributed by atoms with Gasteiger partial charge in [0.2, 0.25) is 15.9 Å². The molecule has 158 valence electrons. The van der Waals surface area contributed by atoms with Gasteiger partial charge in [0.15, 0.2) is 5.76 Å². The number of carbonyl (C=O) groups excluding carboxylic acids is 1. The molecule has 1 aromatic heterocycles. The number of amides is 1. The van der Waals surface area contributed by atoms with E-state index in [9.17, 15) is 17.6 Å². The molecule has 1 saturated heterocycles. The minimum atomic E-state index is -3.66. The van der Waals surface area contributed by atoms with E-state index in [0.717, 1.165) is 0 Å². The van der Waals surface area contributed by atoms with Crippen molar-refractivity contribution in [1.29, 1.82) is 0 Å². The highest BCUT2D eigenvalue weighted by atomic mass is 79.9.